The lowest BCUT2D eigenvalue weighted by Gasteiger charge is -2.22. The summed E-state index contributed by atoms with van der Waals surface area (Å²) in [5.74, 6) is -0.274. The number of nitrogens with two attached hydrogens (primary N) is 2. The molecule has 13 N–H and O–H groups in total. The van der Waals surface area contributed by atoms with Crippen LogP contribution in [-0.4, -0.2) is 104 Å². The molecule has 256 valence electrons. The number of imidazole rings is 1. The minimum Gasteiger partial charge on any atom is -0.387 e. The Kier molecular flexibility index (Phi) is 10.0. The highest BCUT2D eigenvalue weighted by atomic mass is 32.1. The summed E-state index contributed by atoms with van der Waals surface area (Å²) in [4.78, 5) is 63.1. The zero-order chi connectivity index (χ0) is 34.4. The molecule has 5 heterocycles. The van der Waals surface area contributed by atoms with E-state index in [4.69, 9.17) is 16.2 Å². The van der Waals surface area contributed by atoms with Gasteiger partial charge in [0.25, 0.3) is 11.1 Å². The number of thiol groups is 2. The van der Waals surface area contributed by atoms with Crippen molar-refractivity contribution in [1.29, 1.82) is 0 Å². The van der Waals surface area contributed by atoms with Crippen LogP contribution in [0, 0.1) is 0 Å². The zero-order valence-electron chi connectivity index (χ0n) is 23.3. The average Bonchev–Trinajstić information content (AvgIpc) is 3.53. The molecule has 1 fully saturated rings. The Labute approximate surface area is 271 Å². The quantitative estimate of drug-likeness (QED) is 0.0657. The van der Waals surface area contributed by atoms with E-state index in [-0.39, 0.29) is 44.4 Å². The van der Waals surface area contributed by atoms with Crippen molar-refractivity contribution < 1.29 is 57.3 Å². The van der Waals surface area contributed by atoms with Crippen molar-refractivity contribution in [1.82, 2.24) is 29.5 Å². The molecule has 2 aliphatic heterocycles. The van der Waals surface area contributed by atoms with Crippen LogP contribution in [0.15, 0.2) is 25.7 Å². The highest BCUT2D eigenvalue weighted by Crippen LogP contribution is 2.60. The second kappa shape index (κ2) is 13.4. The summed E-state index contributed by atoms with van der Waals surface area (Å²) in [5.41, 5.74) is 9.53. The van der Waals surface area contributed by atoms with Gasteiger partial charge in [-0.15, -0.1) is 25.3 Å². The van der Waals surface area contributed by atoms with Crippen molar-refractivity contribution in [3.05, 3.63) is 36.8 Å². The predicted octanol–water partition coefficient (Wildman–Crippen LogP) is -4.05. The molecule has 5 rings (SSSR count). The molecular formula is C20H27N10O13P2S2+. The highest BCUT2D eigenvalue weighted by molar-refractivity contribution is 7.88. The van der Waals surface area contributed by atoms with E-state index in [2.05, 4.69) is 73.8 Å². The Morgan fingerprint density at radius 3 is 2.47 bits per heavy atom. The summed E-state index contributed by atoms with van der Waals surface area (Å²) in [6, 6.07) is -0.849. The molecule has 3 aromatic rings. The van der Waals surface area contributed by atoms with Crippen LogP contribution in [0.3, 0.4) is 0 Å². The van der Waals surface area contributed by atoms with Crippen LogP contribution in [0.1, 0.15) is 6.23 Å². The number of H-pyrrole nitrogens is 2. The molecule has 47 heavy (non-hydrogen) atoms. The van der Waals surface area contributed by atoms with Crippen molar-refractivity contribution in [2.45, 2.75) is 36.7 Å². The van der Waals surface area contributed by atoms with Gasteiger partial charge >= 0.3 is 27.4 Å². The first kappa shape index (κ1) is 35.2. The van der Waals surface area contributed by atoms with E-state index in [1.165, 1.54) is 6.21 Å². The van der Waals surface area contributed by atoms with Gasteiger partial charge in [-0.1, -0.05) is 0 Å². The van der Waals surface area contributed by atoms with E-state index < -0.39 is 76.7 Å². The number of nitrogens with zero attached hydrogens (tertiary/aromatic N) is 4. The Morgan fingerprint density at radius 1 is 1.09 bits per heavy atom. The van der Waals surface area contributed by atoms with E-state index >= 15 is 0 Å². The molecule has 0 amide bonds. The summed E-state index contributed by atoms with van der Waals surface area (Å²) >= 11 is 8.42. The molecular weight excluding hydrogens is 714 g/mol. The first-order valence-corrected chi connectivity index (χ1v) is 16.8. The molecule has 1 saturated heterocycles. The number of hydrogen-bond donors (Lipinski definition) is 13. The van der Waals surface area contributed by atoms with Gasteiger partial charge in [-0.05, 0) is 4.98 Å². The lowest BCUT2D eigenvalue weighted by Crippen LogP contribution is -2.68. The number of aliphatic hydroxyl groups is 3. The van der Waals surface area contributed by atoms with Crippen LogP contribution in [0.2, 0.25) is 0 Å². The molecule has 27 heteroatoms. The Bertz CT molecular complexity index is 1970. The fraction of sp³-hybridized carbons (Fsp3) is 0.400. The lowest BCUT2D eigenvalue weighted by molar-refractivity contribution is -0.354. The van der Waals surface area contributed by atoms with Gasteiger partial charge < -0.3 is 46.6 Å². The smallest absolute Gasteiger partial charge is 0.387 e. The van der Waals surface area contributed by atoms with E-state index in [1.54, 1.807) is 0 Å². The van der Waals surface area contributed by atoms with E-state index in [0.717, 1.165) is 10.9 Å². The number of aliphatic hydroxyl groups excluding tert-OH is 3. The number of phosphoric ester groups is 2. The maximum absolute atomic E-state index is 12.4. The normalized spacial score (nSPS) is 26.2. The van der Waals surface area contributed by atoms with Crippen molar-refractivity contribution in [2.24, 2.45) is 0 Å². The maximum atomic E-state index is 12.4. The summed E-state index contributed by atoms with van der Waals surface area (Å²) in [6.45, 7) is -1.95. The van der Waals surface area contributed by atoms with Gasteiger partial charge in [-0.25, -0.2) is 19.1 Å². The number of nitrogens with one attached hydrogen (secondary N) is 4. The number of rotatable bonds is 11. The Balaban J connectivity index is 1.16. The molecule has 0 radical (unpaired) electrons. The minimum atomic E-state index is -5.41. The van der Waals surface area contributed by atoms with Crippen LogP contribution in [-0.2, 0) is 27.2 Å². The second-order valence-corrected chi connectivity index (χ2v) is 13.8. The van der Waals surface area contributed by atoms with Crippen molar-refractivity contribution in [3.8, 4) is 0 Å². The van der Waals surface area contributed by atoms with Gasteiger partial charge in [0.15, 0.2) is 23.1 Å². The third-order valence-electron chi connectivity index (χ3n) is 6.56. The molecule has 0 aliphatic carbocycles. The van der Waals surface area contributed by atoms with Gasteiger partial charge in [-0.2, -0.15) is 9.29 Å². The fourth-order valence-electron chi connectivity index (χ4n) is 4.38. The number of fused-ring (bicyclic) bond motifs is 2. The Morgan fingerprint density at radius 2 is 1.74 bits per heavy atom. The number of phosphoric acid groups is 2. The summed E-state index contributed by atoms with van der Waals surface area (Å²) < 4.78 is 45.0. The molecule has 3 aromatic heterocycles. The molecule has 0 aromatic carbocycles. The molecule has 0 bridgehead atoms. The number of anilines is 3. The number of ether oxygens (including phenoxy) is 1. The standard InChI is InChI=1S/C20H26N10O13P2S2/c21-19-26-14-8(16(34)28-19)25-5(1-23-14)12(46)13(47)6(31)2-40-44(36,37)43-45(38,39)41-3-7-10(32)11(33)18(42-7)30-4-24-9-15(30)27-20(22)29-17(9)35/h1,4-7,10-11,18,25,31-33,46-47H,2-3H2,(H,36,37)(H,38,39)(H3,21,26,28,34)(H3,22,27,29,35)/p+1/b13-12-/t5-,6-,7-,10-,11-,18-/m1/s1. The number of hydrogen-bond acceptors (Lipinski definition) is 19. The first-order valence-electron chi connectivity index (χ1n) is 12.9. The van der Waals surface area contributed by atoms with Gasteiger partial charge in [0, 0.05) is 9.81 Å². The molecule has 23 nitrogen and oxygen atoms in total. The van der Waals surface area contributed by atoms with Crippen molar-refractivity contribution >= 4 is 81.7 Å². The number of aromatic amines is 2. The fourth-order valence-corrected chi connectivity index (χ4v) is 6.97. The minimum absolute atomic E-state index is 0.00617. The molecule has 2 aliphatic rings. The average molecular weight is 742 g/mol. The van der Waals surface area contributed by atoms with Crippen LogP contribution in [0.4, 0.5) is 23.4 Å². The summed E-state index contributed by atoms with van der Waals surface area (Å²) in [7, 11) is -10.8. The van der Waals surface area contributed by atoms with Crippen molar-refractivity contribution in [2.75, 3.05) is 30.0 Å². The predicted molar refractivity (Wildman–Crippen MR) is 165 cm³/mol. The van der Waals surface area contributed by atoms with Gasteiger partial charge in [-0.3, -0.25) is 33.2 Å². The van der Waals surface area contributed by atoms with Crippen LogP contribution in [0.5, 0.6) is 0 Å². The zero-order valence-corrected chi connectivity index (χ0v) is 26.8. The molecule has 0 saturated carbocycles. The maximum Gasteiger partial charge on any atom is 0.481 e. The van der Waals surface area contributed by atoms with E-state index in [0.29, 0.717) is 0 Å². The lowest BCUT2D eigenvalue weighted by atomic mass is 10.1. The first-order chi connectivity index (χ1) is 22.0. The van der Waals surface area contributed by atoms with E-state index in [1.807, 2.05) is 0 Å². The monoisotopic (exact) mass is 741 g/mol. The molecule has 8 atom stereocenters. The van der Waals surface area contributed by atoms with Gasteiger partial charge in [0.1, 0.15) is 30.5 Å². The third-order valence-corrected chi connectivity index (χ3v) is 10.4. The van der Waals surface area contributed by atoms with Gasteiger partial charge in [0.2, 0.25) is 5.95 Å². The summed E-state index contributed by atoms with van der Waals surface area (Å²) in [5, 5.41) is 34.2. The SMILES string of the molecule is Nc1nc2c(c(=O)[nH]1)N[C@@H](/C(S)=C(/S)[C@H](O)COP(=O)(O)OP(=O)(O)OC[C@H]1O[C@@H](n3cnc4c(=O)[nH]c(N)nc43)[C@H](O)[C@@H]1O)C=[NH+]2. The largest absolute Gasteiger partial charge is 0.481 e. The van der Waals surface area contributed by atoms with E-state index in [9.17, 15) is 43.8 Å². The molecule has 0 spiro atoms. The van der Waals surface area contributed by atoms with Gasteiger partial charge in [0.05, 0.1) is 25.8 Å². The topological polar surface area (TPSA) is 360 Å². The Hall–Kier alpha value is -3.16. The molecule has 2 unspecified atom stereocenters. The highest BCUT2D eigenvalue weighted by Gasteiger charge is 2.46. The second-order valence-electron chi connectivity index (χ2n) is 9.83. The van der Waals surface area contributed by atoms with Crippen LogP contribution >= 0.6 is 40.9 Å². The number of aromatic nitrogens is 6. The number of nitrogen functional groups attached to an aromatic ring is 2. The third kappa shape index (κ3) is 7.62. The summed E-state index contributed by atoms with van der Waals surface area (Å²) in [6.07, 6.45) is -5.56. The van der Waals surface area contributed by atoms with Crippen molar-refractivity contribution in [3.63, 3.8) is 0 Å². The van der Waals surface area contributed by atoms with Crippen LogP contribution < -0.4 is 32.9 Å². The van der Waals surface area contributed by atoms with Crippen LogP contribution in [0.25, 0.3) is 11.2 Å².